The van der Waals surface area contributed by atoms with Crippen LogP contribution in [-0.2, 0) is 19.0 Å². The van der Waals surface area contributed by atoms with Gasteiger partial charge in [0.1, 0.15) is 0 Å². The maximum Gasteiger partial charge on any atom is 0.416 e. The van der Waals surface area contributed by atoms with E-state index in [1.807, 2.05) is 6.07 Å². The predicted molar refractivity (Wildman–Crippen MR) is 84.4 cm³/mol. The van der Waals surface area contributed by atoms with Crippen molar-refractivity contribution < 1.29 is 17.6 Å². The number of rotatable bonds is 2. The fraction of sp³-hybridized carbons (Fsp3) is 0.421. The van der Waals surface area contributed by atoms with Crippen molar-refractivity contribution in [2.24, 2.45) is 5.41 Å². The Hall–Kier alpha value is -1.91. The zero-order chi connectivity index (χ0) is 17.5. The van der Waals surface area contributed by atoms with Crippen molar-refractivity contribution >= 4 is 0 Å². The van der Waals surface area contributed by atoms with Crippen LogP contribution in [0.1, 0.15) is 54.5 Å². The molecule has 1 aliphatic carbocycles. The minimum atomic E-state index is -4.42. The second kappa shape index (κ2) is 5.87. The molecule has 0 aliphatic heterocycles. The first-order valence-corrected chi connectivity index (χ1v) is 7.96. The summed E-state index contributed by atoms with van der Waals surface area (Å²) in [5.74, 6) is 0. The van der Waals surface area contributed by atoms with Crippen LogP contribution in [0.4, 0.5) is 17.6 Å². The number of benzene rings is 1. The number of halogens is 4. The molecule has 0 spiro atoms. The molecule has 0 saturated carbocycles. The highest BCUT2D eigenvalue weighted by atomic mass is 19.4. The summed E-state index contributed by atoms with van der Waals surface area (Å²) in [5, 5.41) is 0. The monoisotopic (exact) mass is 337 g/mol. The van der Waals surface area contributed by atoms with Crippen LogP contribution in [0.2, 0.25) is 0 Å². The summed E-state index contributed by atoms with van der Waals surface area (Å²) in [4.78, 5) is 4.46. The molecule has 2 aromatic rings. The van der Waals surface area contributed by atoms with E-state index in [1.165, 1.54) is 12.1 Å². The maximum absolute atomic E-state index is 14.7. The summed E-state index contributed by atoms with van der Waals surface area (Å²) in [7, 11) is 0. The van der Waals surface area contributed by atoms with Crippen LogP contribution in [0, 0.1) is 5.41 Å². The van der Waals surface area contributed by atoms with Crippen LogP contribution in [0.25, 0.3) is 0 Å². The number of hydrogen-bond donors (Lipinski definition) is 0. The molecule has 1 atom stereocenters. The summed E-state index contributed by atoms with van der Waals surface area (Å²) < 4.78 is 52.5. The average molecular weight is 337 g/mol. The fourth-order valence-corrected chi connectivity index (χ4v) is 3.10. The minimum absolute atomic E-state index is 0.138. The van der Waals surface area contributed by atoms with Gasteiger partial charge in [-0.2, -0.15) is 13.2 Å². The highest BCUT2D eigenvalue weighted by Crippen LogP contribution is 2.36. The third-order valence-electron chi connectivity index (χ3n) is 4.60. The highest BCUT2D eigenvalue weighted by molar-refractivity contribution is 5.33. The molecule has 1 heterocycles. The van der Waals surface area contributed by atoms with Gasteiger partial charge in [-0.15, -0.1) is 0 Å². The van der Waals surface area contributed by atoms with Gasteiger partial charge < -0.3 is 0 Å². The molecule has 0 saturated heterocycles. The van der Waals surface area contributed by atoms with E-state index in [0.717, 1.165) is 42.7 Å². The van der Waals surface area contributed by atoms with Gasteiger partial charge in [-0.1, -0.05) is 32.0 Å². The van der Waals surface area contributed by atoms with Crippen molar-refractivity contribution in [3.8, 4) is 0 Å². The molecule has 0 radical (unpaired) electrons. The van der Waals surface area contributed by atoms with E-state index in [0.29, 0.717) is 0 Å². The predicted octanol–water partition coefficient (Wildman–Crippen LogP) is 5.67. The molecule has 0 N–H and O–H groups in total. The Balaban J connectivity index is 1.87. The normalized spacial score (nSPS) is 18.1. The first kappa shape index (κ1) is 16.9. The van der Waals surface area contributed by atoms with Crippen molar-refractivity contribution in [1.82, 2.24) is 4.98 Å². The van der Waals surface area contributed by atoms with Crippen LogP contribution in [0.15, 0.2) is 36.4 Å². The van der Waals surface area contributed by atoms with E-state index in [2.05, 4.69) is 18.8 Å². The standard InChI is InChI=1S/C19H19F4N/c1-18(2)10-9-12-5-8-15(24-16(12)11-18)17(20)13-3-6-14(7-4-13)19(21,22)23/h3-8,17H,9-11H2,1-2H3/t17-/m0/s1. The molecule has 128 valence electrons. The summed E-state index contributed by atoms with van der Waals surface area (Å²) >= 11 is 0. The van der Waals surface area contributed by atoms with Crippen molar-refractivity contribution in [2.45, 2.75) is 45.5 Å². The van der Waals surface area contributed by atoms with Gasteiger partial charge >= 0.3 is 6.18 Å². The number of hydrogen-bond acceptors (Lipinski definition) is 1. The van der Waals surface area contributed by atoms with E-state index in [1.54, 1.807) is 6.07 Å². The quantitative estimate of drug-likeness (QED) is 0.643. The second-order valence-corrected chi connectivity index (χ2v) is 7.17. The van der Waals surface area contributed by atoms with Gasteiger partial charge in [0.15, 0.2) is 6.17 Å². The second-order valence-electron chi connectivity index (χ2n) is 7.17. The van der Waals surface area contributed by atoms with Crippen molar-refractivity contribution in [3.05, 3.63) is 64.5 Å². The van der Waals surface area contributed by atoms with Crippen LogP contribution >= 0.6 is 0 Å². The van der Waals surface area contributed by atoms with Gasteiger partial charge in [-0.05, 0) is 54.0 Å². The van der Waals surface area contributed by atoms with Crippen LogP contribution < -0.4 is 0 Å². The Morgan fingerprint density at radius 2 is 1.71 bits per heavy atom. The molecule has 0 bridgehead atoms. The highest BCUT2D eigenvalue weighted by Gasteiger charge is 2.31. The van der Waals surface area contributed by atoms with Crippen LogP contribution in [0.3, 0.4) is 0 Å². The largest absolute Gasteiger partial charge is 0.416 e. The summed E-state index contributed by atoms with van der Waals surface area (Å²) in [6, 6.07) is 7.70. The fourth-order valence-electron chi connectivity index (χ4n) is 3.10. The van der Waals surface area contributed by atoms with Crippen LogP contribution in [0.5, 0.6) is 0 Å². The molecular weight excluding hydrogens is 318 g/mol. The smallest absolute Gasteiger partial charge is 0.254 e. The molecule has 1 aromatic carbocycles. The van der Waals surface area contributed by atoms with E-state index in [9.17, 15) is 17.6 Å². The van der Waals surface area contributed by atoms with E-state index in [-0.39, 0.29) is 16.7 Å². The first-order valence-electron chi connectivity index (χ1n) is 7.96. The zero-order valence-corrected chi connectivity index (χ0v) is 13.6. The Morgan fingerprint density at radius 3 is 2.33 bits per heavy atom. The van der Waals surface area contributed by atoms with Gasteiger partial charge in [0.05, 0.1) is 11.3 Å². The topological polar surface area (TPSA) is 12.9 Å². The van der Waals surface area contributed by atoms with Crippen molar-refractivity contribution in [2.75, 3.05) is 0 Å². The molecule has 5 heteroatoms. The van der Waals surface area contributed by atoms with Gasteiger partial charge in [-0.25, -0.2) is 4.39 Å². The molecule has 0 fully saturated rings. The molecular formula is C19H19F4N. The number of nitrogens with zero attached hydrogens (tertiary/aromatic N) is 1. The Morgan fingerprint density at radius 1 is 1.04 bits per heavy atom. The molecule has 1 aromatic heterocycles. The summed E-state index contributed by atoms with van der Waals surface area (Å²) in [6.45, 7) is 4.32. The average Bonchev–Trinajstić information content (AvgIpc) is 2.52. The minimum Gasteiger partial charge on any atom is -0.254 e. The molecule has 24 heavy (non-hydrogen) atoms. The molecule has 0 unspecified atom stereocenters. The van der Waals surface area contributed by atoms with Crippen molar-refractivity contribution in [1.29, 1.82) is 0 Å². The van der Waals surface area contributed by atoms with E-state index in [4.69, 9.17) is 0 Å². The number of pyridine rings is 1. The number of fused-ring (bicyclic) bond motifs is 1. The van der Waals surface area contributed by atoms with Crippen LogP contribution in [-0.4, -0.2) is 4.98 Å². The number of aryl methyl sites for hydroxylation is 1. The third kappa shape index (κ3) is 3.45. The lowest BCUT2D eigenvalue weighted by atomic mass is 9.76. The Labute approximate surface area is 138 Å². The molecule has 1 nitrogen and oxygen atoms in total. The van der Waals surface area contributed by atoms with Crippen molar-refractivity contribution in [3.63, 3.8) is 0 Å². The summed E-state index contributed by atoms with van der Waals surface area (Å²) in [5.41, 5.74) is 1.84. The van der Waals surface area contributed by atoms with E-state index < -0.39 is 17.9 Å². The Bertz CT molecular complexity index is 732. The first-order chi connectivity index (χ1) is 11.2. The zero-order valence-electron chi connectivity index (χ0n) is 13.6. The lowest BCUT2D eigenvalue weighted by Gasteiger charge is -2.30. The summed E-state index contributed by atoms with van der Waals surface area (Å²) in [6.07, 6.45) is -3.16. The number of alkyl halides is 4. The lowest BCUT2D eigenvalue weighted by molar-refractivity contribution is -0.137. The Kier molecular flexibility index (Phi) is 4.14. The SMILES string of the molecule is CC1(C)CCc2ccc([C@@H](F)c3ccc(C(F)(F)F)cc3)nc2C1. The molecule has 1 aliphatic rings. The lowest BCUT2D eigenvalue weighted by Crippen LogP contribution is -2.23. The maximum atomic E-state index is 14.7. The van der Waals surface area contributed by atoms with Gasteiger partial charge in [-0.3, -0.25) is 4.98 Å². The third-order valence-corrected chi connectivity index (χ3v) is 4.60. The van der Waals surface area contributed by atoms with Gasteiger partial charge in [0, 0.05) is 5.69 Å². The number of aromatic nitrogens is 1. The molecule has 0 amide bonds. The van der Waals surface area contributed by atoms with Gasteiger partial charge in [0.25, 0.3) is 0 Å². The van der Waals surface area contributed by atoms with E-state index >= 15 is 0 Å². The molecule has 3 rings (SSSR count). The van der Waals surface area contributed by atoms with Gasteiger partial charge in [0.2, 0.25) is 0 Å².